The van der Waals surface area contributed by atoms with Crippen LogP contribution >= 0.6 is 34.8 Å². The summed E-state index contributed by atoms with van der Waals surface area (Å²) < 4.78 is 11.8. The maximum Gasteiger partial charge on any atom is 0.121 e. The Kier molecular flexibility index (Phi) is 5.07. The van der Waals surface area contributed by atoms with Crippen LogP contribution in [0.1, 0.15) is 25.3 Å². The Labute approximate surface area is 151 Å². The summed E-state index contributed by atoms with van der Waals surface area (Å²) in [6, 6.07) is 12.9. The van der Waals surface area contributed by atoms with Gasteiger partial charge < -0.3 is 9.47 Å². The third-order valence-electron chi connectivity index (χ3n) is 4.04. The Hall–Kier alpha value is -0.930. The van der Waals surface area contributed by atoms with E-state index in [1.165, 1.54) is 0 Å². The van der Waals surface area contributed by atoms with E-state index in [0.29, 0.717) is 21.7 Å². The van der Waals surface area contributed by atoms with Gasteiger partial charge in [-0.1, -0.05) is 47.8 Å². The molecule has 2 aromatic carbocycles. The third kappa shape index (κ3) is 3.95. The Morgan fingerprint density at radius 3 is 2.30 bits per heavy atom. The van der Waals surface area contributed by atoms with Crippen LogP contribution in [-0.2, 0) is 10.3 Å². The quantitative estimate of drug-likeness (QED) is 0.570. The van der Waals surface area contributed by atoms with Crippen molar-refractivity contribution in [2.24, 2.45) is 0 Å². The lowest BCUT2D eigenvalue weighted by Crippen LogP contribution is -2.24. The molecule has 1 saturated heterocycles. The second-order valence-electron chi connectivity index (χ2n) is 5.71. The molecular weight excluding hydrogens is 355 g/mol. The molecule has 0 radical (unpaired) electrons. The van der Waals surface area contributed by atoms with Crippen LogP contribution in [-0.4, -0.2) is 12.7 Å². The molecule has 1 aliphatic rings. The molecule has 1 heterocycles. The molecule has 1 aliphatic heterocycles. The van der Waals surface area contributed by atoms with Gasteiger partial charge >= 0.3 is 0 Å². The first-order valence-corrected chi connectivity index (χ1v) is 8.67. The van der Waals surface area contributed by atoms with Gasteiger partial charge in [-0.15, -0.1) is 0 Å². The van der Waals surface area contributed by atoms with E-state index in [9.17, 15) is 0 Å². The van der Waals surface area contributed by atoms with Gasteiger partial charge in [0.25, 0.3) is 0 Å². The molecule has 23 heavy (non-hydrogen) atoms. The smallest absolute Gasteiger partial charge is 0.121 e. The van der Waals surface area contributed by atoms with Crippen molar-refractivity contribution in [2.45, 2.75) is 31.5 Å². The van der Waals surface area contributed by atoms with Crippen molar-refractivity contribution in [2.75, 3.05) is 6.61 Å². The van der Waals surface area contributed by atoms with Crippen molar-refractivity contribution in [3.63, 3.8) is 0 Å². The molecule has 0 aromatic heterocycles. The highest BCUT2D eigenvalue weighted by molar-refractivity contribution is 6.35. The fourth-order valence-electron chi connectivity index (χ4n) is 2.67. The normalized spacial score (nSPS) is 21.0. The molecule has 0 aliphatic carbocycles. The minimum Gasteiger partial charge on any atom is -0.490 e. The van der Waals surface area contributed by atoms with Crippen molar-refractivity contribution in [1.29, 1.82) is 0 Å². The Morgan fingerprint density at radius 2 is 1.74 bits per heavy atom. The zero-order valence-corrected chi connectivity index (χ0v) is 15.0. The van der Waals surface area contributed by atoms with E-state index in [-0.39, 0.29) is 11.7 Å². The van der Waals surface area contributed by atoms with Gasteiger partial charge in [-0.25, -0.2) is 0 Å². The van der Waals surface area contributed by atoms with Gasteiger partial charge in [0.2, 0.25) is 0 Å². The highest BCUT2D eigenvalue weighted by Crippen LogP contribution is 2.47. The number of epoxide rings is 1. The highest BCUT2D eigenvalue weighted by atomic mass is 35.5. The average Bonchev–Trinajstić information content (AvgIpc) is 3.29. The number of hydrogen-bond acceptors (Lipinski definition) is 2. The number of halogens is 3. The summed E-state index contributed by atoms with van der Waals surface area (Å²) in [5, 5.41) is 1.95. The molecule has 0 amide bonds. The van der Waals surface area contributed by atoms with Crippen molar-refractivity contribution in [3.8, 4) is 5.75 Å². The Morgan fingerprint density at radius 1 is 1.09 bits per heavy atom. The first-order valence-electron chi connectivity index (χ1n) is 7.54. The summed E-state index contributed by atoms with van der Waals surface area (Å²) in [5.74, 6) is 0.805. The highest BCUT2D eigenvalue weighted by Gasteiger charge is 2.49. The molecule has 1 fully saturated rings. The summed E-state index contributed by atoms with van der Waals surface area (Å²) in [7, 11) is 0. The van der Waals surface area contributed by atoms with Gasteiger partial charge in [0.1, 0.15) is 17.5 Å². The van der Waals surface area contributed by atoms with Gasteiger partial charge in [0.15, 0.2) is 0 Å². The largest absolute Gasteiger partial charge is 0.490 e. The summed E-state index contributed by atoms with van der Waals surface area (Å²) >= 11 is 18.2. The van der Waals surface area contributed by atoms with E-state index in [1.807, 2.05) is 36.4 Å². The minimum atomic E-state index is -0.366. The van der Waals surface area contributed by atoms with Gasteiger partial charge in [-0.05, 0) is 42.8 Å². The summed E-state index contributed by atoms with van der Waals surface area (Å²) in [4.78, 5) is 0. The Bertz CT molecular complexity index is 681. The molecule has 0 bridgehead atoms. The van der Waals surface area contributed by atoms with Crippen molar-refractivity contribution in [3.05, 3.63) is 63.1 Å². The van der Waals surface area contributed by atoms with E-state index >= 15 is 0 Å². The topological polar surface area (TPSA) is 21.8 Å². The van der Waals surface area contributed by atoms with Crippen molar-refractivity contribution < 1.29 is 9.47 Å². The summed E-state index contributed by atoms with van der Waals surface area (Å²) in [6.07, 6.45) is 1.65. The minimum absolute atomic E-state index is 0.0328. The summed E-state index contributed by atoms with van der Waals surface area (Å²) in [6.45, 7) is 2.75. The van der Waals surface area contributed by atoms with Crippen LogP contribution in [0.15, 0.2) is 42.5 Å². The SMILES string of the molecule is CCC(CC1(c2ccc(Cl)cc2Cl)CO1)Oc1ccc(Cl)cc1. The maximum atomic E-state index is 6.34. The fourth-order valence-corrected chi connectivity index (χ4v) is 3.38. The van der Waals surface area contributed by atoms with Gasteiger partial charge in [-0.2, -0.15) is 0 Å². The first-order chi connectivity index (χ1) is 11.0. The van der Waals surface area contributed by atoms with E-state index in [2.05, 4.69) is 6.92 Å². The van der Waals surface area contributed by atoms with E-state index in [1.54, 1.807) is 6.07 Å². The molecule has 0 N–H and O–H groups in total. The predicted octanol–water partition coefficient (Wildman–Crippen LogP) is 6.12. The molecule has 122 valence electrons. The number of ether oxygens (including phenoxy) is 2. The first kappa shape index (κ1) is 16.9. The Balaban J connectivity index is 1.74. The van der Waals surface area contributed by atoms with Crippen LogP contribution < -0.4 is 4.74 Å². The molecule has 2 aromatic rings. The number of rotatable bonds is 6. The number of benzene rings is 2. The fraction of sp³-hybridized carbons (Fsp3) is 0.333. The lowest BCUT2D eigenvalue weighted by atomic mass is 9.92. The molecule has 3 rings (SSSR count). The van der Waals surface area contributed by atoms with Gasteiger partial charge in [0, 0.05) is 27.1 Å². The zero-order chi connectivity index (χ0) is 16.4. The third-order valence-corrected chi connectivity index (χ3v) is 4.84. The lowest BCUT2D eigenvalue weighted by molar-refractivity contribution is 0.141. The molecule has 0 spiro atoms. The van der Waals surface area contributed by atoms with Crippen LogP contribution in [0, 0.1) is 0 Å². The monoisotopic (exact) mass is 370 g/mol. The van der Waals surface area contributed by atoms with Crippen LogP contribution in [0.25, 0.3) is 0 Å². The molecular formula is C18H17Cl3O2. The van der Waals surface area contributed by atoms with Crippen LogP contribution in [0.2, 0.25) is 15.1 Å². The molecule has 2 unspecified atom stereocenters. The molecule has 2 nitrogen and oxygen atoms in total. The van der Waals surface area contributed by atoms with Gasteiger partial charge in [-0.3, -0.25) is 0 Å². The van der Waals surface area contributed by atoms with Crippen LogP contribution in [0.4, 0.5) is 0 Å². The van der Waals surface area contributed by atoms with Crippen LogP contribution in [0.5, 0.6) is 5.75 Å². The zero-order valence-electron chi connectivity index (χ0n) is 12.7. The van der Waals surface area contributed by atoms with E-state index in [0.717, 1.165) is 24.2 Å². The molecule has 5 heteroatoms. The van der Waals surface area contributed by atoms with Crippen LogP contribution in [0.3, 0.4) is 0 Å². The second kappa shape index (κ2) is 6.90. The van der Waals surface area contributed by atoms with Gasteiger partial charge in [0.05, 0.1) is 6.61 Å². The maximum absolute atomic E-state index is 6.34. The molecule has 2 atom stereocenters. The summed E-state index contributed by atoms with van der Waals surface area (Å²) in [5.41, 5.74) is 0.608. The average molecular weight is 372 g/mol. The standard InChI is InChI=1S/C18H17Cl3O2/c1-2-14(23-15-6-3-12(19)4-7-15)10-18(11-22-18)16-8-5-13(20)9-17(16)21/h3-9,14H,2,10-11H2,1H3. The van der Waals surface area contributed by atoms with E-state index < -0.39 is 0 Å². The second-order valence-corrected chi connectivity index (χ2v) is 6.99. The van der Waals surface area contributed by atoms with Crippen molar-refractivity contribution >= 4 is 34.8 Å². The van der Waals surface area contributed by atoms with Crippen molar-refractivity contribution in [1.82, 2.24) is 0 Å². The van der Waals surface area contributed by atoms with E-state index in [4.69, 9.17) is 44.3 Å². The lowest BCUT2D eigenvalue weighted by Gasteiger charge is -2.22. The predicted molar refractivity (Wildman–Crippen MR) is 94.9 cm³/mol. The molecule has 0 saturated carbocycles. The number of hydrogen-bond donors (Lipinski definition) is 0.